The number of fused-ring (bicyclic) bond motifs is 1. The van der Waals surface area contributed by atoms with Gasteiger partial charge in [0.2, 0.25) is 0 Å². The SMILES string of the molecule is CC1Cc2[nH]nc(C#CC3(C)CC3)c2CN1C(=O)Nc1ccc(F)c(Cl)c1. The highest BCUT2D eigenvalue weighted by atomic mass is 35.5. The molecule has 2 heterocycles. The van der Waals surface area contributed by atoms with E-state index in [2.05, 4.69) is 34.3 Å². The lowest BCUT2D eigenvalue weighted by molar-refractivity contribution is 0.182. The van der Waals surface area contributed by atoms with Gasteiger partial charge in [-0.1, -0.05) is 17.5 Å². The minimum absolute atomic E-state index is 0.00405. The number of aromatic nitrogens is 2. The van der Waals surface area contributed by atoms with Crippen molar-refractivity contribution >= 4 is 23.3 Å². The largest absolute Gasteiger partial charge is 0.322 e. The molecule has 2 aromatic rings. The second-order valence-electron chi connectivity index (χ2n) is 7.58. The van der Waals surface area contributed by atoms with Gasteiger partial charge in [0.25, 0.3) is 0 Å². The summed E-state index contributed by atoms with van der Waals surface area (Å²) < 4.78 is 13.3. The maximum atomic E-state index is 13.3. The lowest BCUT2D eigenvalue weighted by Gasteiger charge is -2.33. The molecule has 7 heteroatoms. The molecule has 0 bridgehead atoms. The van der Waals surface area contributed by atoms with E-state index in [9.17, 15) is 9.18 Å². The van der Waals surface area contributed by atoms with Crippen molar-refractivity contribution in [2.45, 2.75) is 45.7 Å². The molecule has 1 atom stereocenters. The van der Waals surface area contributed by atoms with E-state index in [1.165, 1.54) is 18.2 Å². The van der Waals surface area contributed by atoms with Gasteiger partial charge in [0.05, 0.1) is 11.6 Å². The van der Waals surface area contributed by atoms with Crippen LogP contribution in [-0.4, -0.2) is 27.2 Å². The van der Waals surface area contributed by atoms with Crippen LogP contribution in [0.1, 0.15) is 43.6 Å². The Hall–Kier alpha value is -2.52. The molecule has 1 saturated carbocycles. The molecule has 1 aliphatic heterocycles. The van der Waals surface area contributed by atoms with E-state index in [4.69, 9.17) is 11.6 Å². The Kier molecular flexibility index (Phi) is 4.35. The number of halogens is 2. The third-order valence-electron chi connectivity index (χ3n) is 5.23. The highest BCUT2D eigenvalue weighted by Crippen LogP contribution is 2.44. The zero-order valence-electron chi connectivity index (χ0n) is 15.2. The predicted octanol–water partition coefficient (Wildman–Crippen LogP) is 4.33. The van der Waals surface area contributed by atoms with Gasteiger partial charge >= 0.3 is 6.03 Å². The van der Waals surface area contributed by atoms with Crippen molar-refractivity contribution < 1.29 is 9.18 Å². The number of amides is 2. The lowest BCUT2D eigenvalue weighted by Crippen LogP contribution is -2.44. The number of rotatable bonds is 1. The number of H-pyrrole nitrogens is 1. The Morgan fingerprint density at radius 3 is 2.96 bits per heavy atom. The summed E-state index contributed by atoms with van der Waals surface area (Å²) in [6, 6.07) is 3.86. The van der Waals surface area contributed by atoms with E-state index in [1.54, 1.807) is 4.90 Å². The van der Waals surface area contributed by atoms with E-state index in [-0.39, 0.29) is 22.5 Å². The van der Waals surface area contributed by atoms with Gasteiger partial charge in [-0.15, -0.1) is 0 Å². The Morgan fingerprint density at radius 1 is 1.48 bits per heavy atom. The second kappa shape index (κ2) is 6.58. The molecule has 140 valence electrons. The number of urea groups is 1. The number of benzene rings is 1. The van der Waals surface area contributed by atoms with Gasteiger partial charge < -0.3 is 10.2 Å². The first kappa shape index (κ1) is 17.9. The minimum Gasteiger partial charge on any atom is -0.317 e. The van der Waals surface area contributed by atoms with Crippen LogP contribution < -0.4 is 5.32 Å². The van der Waals surface area contributed by atoms with Crippen LogP contribution in [0.5, 0.6) is 0 Å². The van der Waals surface area contributed by atoms with Gasteiger partial charge in [0, 0.05) is 34.8 Å². The third kappa shape index (κ3) is 3.65. The average molecular weight is 387 g/mol. The van der Waals surface area contributed by atoms with Crippen LogP contribution in [-0.2, 0) is 13.0 Å². The molecule has 1 unspecified atom stereocenters. The summed E-state index contributed by atoms with van der Waals surface area (Å²) >= 11 is 5.79. The fourth-order valence-corrected chi connectivity index (χ4v) is 3.32. The number of hydrogen-bond acceptors (Lipinski definition) is 2. The summed E-state index contributed by atoms with van der Waals surface area (Å²) in [5.74, 6) is 5.96. The van der Waals surface area contributed by atoms with Crippen molar-refractivity contribution in [2.75, 3.05) is 5.32 Å². The third-order valence-corrected chi connectivity index (χ3v) is 5.52. The summed E-state index contributed by atoms with van der Waals surface area (Å²) in [7, 11) is 0. The quantitative estimate of drug-likeness (QED) is 0.716. The maximum absolute atomic E-state index is 13.3. The summed E-state index contributed by atoms with van der Waals surface area (Å²) in [5.41, 5.74) is 3.29. The molecular formula is C20H20ClFN4O. The van der Waals surface area contributed by atoms with Crippen LogP contribution in [0.2, 0.25) is 5.02 Å². The number of nitrogens with zero attached hydrogens (tertiary/aromatic N) is 2. The standard InChI is InChI=1S/C20H20ClFN4O/c1-12-9-18-14(17(24-25-18)5-6-20(2)7-8-20)11-26(12)19(27)23-13-3-4-16(22)15(21)10-13/h3-4,10,12H,7-9,11H2,1-2H3,(H,23,27)(H,24,25). The zero-order valence-corrected chi connectivity index (χ0v) is 16.0. The van der Waals surface area contributed by atoms with Crippen LogP contribution in [0.15, 0.2) is 18.2 Å². The fraction of sp³-hybridized carbons (Fsp3) is 0.400. The monoisotopic (exact) mass is 386 g/mol. The summed E-state index contributed by atoms with van der Waals surface area (Å²) in [6.07, 6.45) is 2.93. The number of anilines is 1. The van der Waals surface area contributed by atoms with Crippen LogP contribution in [0.4, 0.5) is 14.9 Å². The van der Waals surface area contributed by atoms with E-state index in [0.717, 1.165) is 24.1 Å². The Bertz CT molecular complexity index is 970. The van der Waals surface area contributed by atoms with Gasteiger partial charge in [0.15, 0.2) is 0 Å². The van der Waals surface area contributed by atoms with Crippen LogP contribution in [0.25, 0.3) is 0 Å². The number of hydrogen-bond donors (Lipinski definition) is 2. The molecule has 27 heavy (non-hydrogen) atoms. The number of carbonyl (C=O) groups is 1. The maximum Gasteiger partial charge on any atom is 0.322 e. The van der Waals surface area contributed by atoms with Crippen molar-refractivity contribution in [2.24, 2.45) is 5.41 Å². The fourth-order valence-electron chi connectivity index (χ4n) is 3.14. The predicted molar refractivity (Wildman–Crippen MR) is 102 cm³/mol. The van der Waals surface area contributed by atoms with E-state index in [0.29, 0.717) is 24.3 Å². The molecule has 1 aliphatic carbocycles. The van der Waals surface area contributed by atoms with Crippen molar-refractivity contribution in [3.8, 4) is 11.8 Å². The Balaban J connectivity index is 1.53. The highest BCUT2D eigenvalue weighted by Gasteiger charge is 2.35. The Labute approximate surface area is 162 Å². The van der Waals surface area contributed by atoms with E-state index in [1.807, 2.05) is 6.92 Å². The minimum atomic E-state index is -0.517. The van der Waals surface area contributed by atoms with Gasteiger partial charge in [0.1, 0.15) is 11.5 Å². The molecule has 5 nitrogen and oxygen atoms in total. The first-order chi connectivity index (χ1) is 12.8. The summed E-state index contributed by atoms with van der Waals surface area (Å²) in [5, 5.41) is 10.2. The Morgan fingerprint density at radius 2 is 2.26 bits per heavy atom. The molecule has 1 fully saturated rings. The van der Waals surface area contributed by atoms with Crippen molar-refractivity contribution in [3.63, 3.8) is 0 Å². The summed E-state index contributed by atoms with van der Waals surface area (Å²) in [6.45, 7) is 4.56. The number of nitrogens with one attached hydrogen (secondary N) is 2. The lowest BCUT2D eigenvalue weighted by atomic mass is 9.99. The number of aromatic amines is 1. The molecule has 0 saturated heterocycles. The van der Waals surface area contributed by atoms with E-state index < -0.39 is 5.82 Å². The molecule has 0 radical (unpaired) electrons. The van der Waals surface area contributed by atoms with Crippen LogP contribution in [0, 0.1) is 23.1 Å². The van der Waals surface area contributed by atoms with Crippen molar-refractivity contribution in [1.29, 1.82) is 0 Å². The summed E-state index contributed by atoms with van der Waals surface area (Å²) in [4.78, 5) is 14.5. The van der Waals surface area contributed by atoms with E-state index >= 15 is 0 Å². The normalized spacial score (nSPS) is 19.7. The molecule has 2 aliphatic rings. The van der Waals surface area contributed by atoms with Crippen molar-refractivity contribution in [3.05, 3.63) is 46.0 Å². The molecule has 4 rings (SSSR count). The van der Waals surface area contributed by atoms with Gasteiger partial charge in [-0.05, 0) is 50.8 Å². The van der Waals surface area contributed by atoms with Gasteiger partial charge in [-0.2, -0.15) is 5.10 Å². The first-order valence-electron chi connectivity index (χ1n) is 8.97. The van der Waals surface area contributed by atoms with Gasteiger partial charge in [-0.25, -0.2) is 9.18 Å². The van der Waals surface area contributed by atoms with Crippen LogP contribution >= 0.6 is 11.6 Å². The molecule has 2 amide bonds. The molecule has 2 N–H and O–H groups in total. The van der Waals surface area contributed by atoms with Gasteiger partial charge in [-0.3, -0.25) is 5.10 Å². The molecule has 1 aromatic heterocycles. The molecule has 0 spiro atoms. The average Bonchev–Trinajstić information content (AvgIpc) is 3.23. The molecular weight excluding hydrogens is 367 g/mol. The number of carbonyl (C=O) groups excluding carboxylic acids is 1. The zero-order chi connectivity index (χ0) is 19.2. The second-order valence-corrected chi connectivity index (χ2v) is 7.99. The first-order valence-corrected chi connectivity index (χ1v) is 9.34. The van der Waals surface area contributed by atoms with Crippen molar-refractivity contribution in [1.82, 2.24) is 15.1 Å². The molecule has 1 aromatic carbocycles. The highest BCUT2D eigenvalue weighted by molar-refractivity contribution is 6.31. The van der Waals surface area contributed by atoms with Crippen LogP contribution in [0.3, 0.4) is 0 Å². The smallest absolute Gasteiger partial charge is 0.317 e. The topological polar surface area (TPSA) is 61.0 Å².